The molecule has 1 unspecified atom stereocenters. The van der Waals surface area contributed by atoms with Gasteiger partial charge in [0.25, 0.3) is 0 Å². The molecular formula is C11H13NO. The number of hydrogen-bond donors (Lipinski definition) is 0. The minimum atomic E-state index is 0.0974. The zero-order valence-electron chi connectivity index (χ0n) is 7.52. The van der Waals surface area contributed by atoms with Crippen molar-refractivity contribution >= 4 is 6.21 Å². The summed E-state index contributed by atoms with van der Waals surface area (Å²) >= 11 is 0. The van der Waals surface area contributed by atoms with Crippen LogP contribution in [0.15, 0.2) is 35.3 Å². The van der Waals surface area contributed by atoms with E-state index in [1.165, 1.54) is 0 Å². The molecule has 1 fully saturated rings. The van der Waals surface area contributed by atoms with Gasteiger partial charge in [0.05, 0.1) is 0 Å². The highest BCUT2D eigenvalue weighted by molar-refractivity contribution is 5.79. The summed E-state index contributed by atoms with van der Waals surface area (Å²) < 4.78 is 5.38. The molecular weight excluding hydrogens is 162 g/mol. The minimum absolute atomic E-state index is 0.0974. The lowest BCUT2D eigenvalue weighted by molar-refractivity contribution is 0.119. The number of nitrogens with zero attached hydrogens (tertiary/aromatic N) is 1. The SMILES string of the molecule is C(=N\C1CCCO1)/c1ccccc1. The molecule has 0 spiro atoms. The first-order chi connectivity index (χ1) is 6.45. The van der Waals surface area contributed by atoms with Crippen LogP contribution in [0, 0.1) is 0 Å². The van der Waals surface area contributed by atoms with Crippen LogP contribution in [0.1, 0.15) is 18.4 Å². The fraction of sp³-hybridized carbons (Fsp3) is 0.364. The summed E-state index contributed by atoms with van der Waals surface area (Å²) in [7, 11) is 0. The molecule has 1 atom stereocenters. The Labute approximate surface area is 78.3 Å². The van der Waals surface area contributed by atoms with Crippen molar-refractivity contribution in [2.24, 2.45) is 4.99 Å². The molecule has 0 bridgehead atoms. The standard InChI is InChI=1S/C11H13NO/c1-2-5-10(6-3-1)9-12-11-7-4-8-13-11/h1-3,5-6,9,11H,4,7-8H2/b12-9+. The van der Waals surface area contributed by atoms with Gasteiger partial charge in [-0.1, -0.05) is 30.3 Å². The molecule has 68 valence electrons. The molecule has 1 heterocycles. The Balaban J connectivity index is 1.97. The topological polar surface area (TPSA) is 21.6 Å². The first kappa shape index (κ1) is 8.45. The van der Waals surface area contributed by atoms with Gasteiger partial charge in [-0.25, -0.2) is 0 Å². The molecule has 0 saturated carbocycles. The maximum Gasteiger partial charge on any atom is 0.148 e. The Morgan fingerprint density at radius 1 is 1.31 bits per heavy atom. The van der Waals surface area contributed by atoms with Crippen LogP contribution in [0.3, 0.4) is 0 Å². The fourth-order valence-corrected chi connectivity index (χ4v) is 1.39. The normalized spacial score (nSPS) is 22.6. The molecule has 0 aliphatic carbocycles. The Hall–Kier alpha value is -1.15. The van der Waals surface area contributed by atoms with Crippen LogP contribution in [0.5, 0.6) is 0 Å². The molecule has 2 nitrogen and oxygen atoms in total. The van der Waals surface area contributed by atoms with Gasteiger partial charge in [0.15, 0.2) is 0 Å². The predicted octanol–water partition coefficient (Wildman–Crippen LogP) is 2.24. The molecule has 2 heteroatoms. The zero-order valence-corrected chi connectivity index (χ0v) is 7.52. The lowest BCUT2D eigenvalue weighted by atomic mass is 10.2. The highest BCUT2D eigenvalue weighted by Crippen LogP contribution is 2.12. The number of aliphatic imine (C=N–C) groups is 1. The largest absolute Gasteiger partial charge is 0.357 e. The van der Waals surface area contributed by atoms with Crippen molar-refractivity contribution in [2.75, 3.05) is 6.61 Å². The van der Waals surface area contributed by atoms with Crippen molar-refractivity contribution in [2.45, 2.75) is 19.1 Å². The van der Waals surface area contributed by atoms with Gasteiger partial charge in [-0.2, -0.15) is 0 Å². The number of ether oxygens (including phenoxy) is 1. The fourth-order valence-electron chi connectivity index (χ4n) is 1.39. The summed E-state index contributed by atoms with van der Waals surface area (Å²) in [6.45, 7) is 0.858. The molecule has 1 saturated heterocycles. The van der Waals surface area contributed by atoms with Gasteiger partial charge in [-0.15, -0.1) is 0 Å². The Kier molecular flexibility index (Phi) is 2.72. The maximum atomic E-state index is 5.38. The zero-order chi connectivity index (χ0) is 8.93. The van der Waals surface area contributed by atoms with Crippen LogP contribution >= 0.6 is 0 Å². The lowest BCUT2D eigenvalue weighted by Gasteiger charge is -2.00. The van der Waals surface area contributed by atoms with Crippen molar-refractivity contribution < 1.29 is 4.74 Å². The average molecular weight is 175 g/mol. The van der Waals surface area contributed by atoms with Gasteiger partial charge in [-0.05, 0) is 18.4 Å². The van der Waals surface area contributed by atoms with Crippen LogP contribution in [0.25, 0.3) is 0 Å². The number of hydrogen-bond acceptors (Lipinski definition) is 2. The van der Waals surface area contributed by atoms with Crippen molar-refractivity contribution in [3.8, 4) is 0 Å². The predicted molar refractivity (Wildman–Crippen MR) is 53.0 cm³/mol. The van der Waals surface area contributed by atoms with Gasteiger partial charge in [0, 0.05) is 12.8 Å². The monoisotopic (exact) mass is 175 g/mol. The summed E-state index contributed by atoms with van der Waals surface area (Å²) in [5, 5.41) is 0. The van der Waals surface area contributed by atoms with Crippen molar-refractivity contribution in [1.29, 1.82) is 0 Å². The van der Waals surface area contributed by atoms with Crippen LogP contribution in [-0.2, 0) is 4.74 Å². The van der Waals surface area contributed by atoms with Gasteiger partial charge in [0.2, 0.25) is 0 Å². The van der Waals surface area contributed by atoms with E-state index in [-0.39, 0.29) is 6.23 Å². The highest BCUT2D eigenvalue weighted by atomic mass is 16.5. The summed E-state index contributed by atoms with van der Waals surface area (Å²) in [6, 6.07) is 10.1. The van der Waals surface area contributed by atoms with Gasteiger partial charge >= 0.3 is 0 Å². The first-order valence-corrected chi connectivity index (χ1v) is 4.65. The van der Waals surface area contributed by atoms with E-state index in [9.17, 15) is 0 Å². The molecule has 2 rings (SSSR count). The molecule has 13 heavy (non-hydrogen) atoms. The highest BCUT2D eigenvalue weighted by Gasteiger charge is 2.12. The summed E-state index contributed by atoms with van der Waals surface area (Å²) in [5.74, 6) is 0. The van der Waals surface area contributed by atoms with Crippen molar-refractivity contribution in [3.63, 3.8) is 0 Å². The first-order valence-electron chi connectivity index (χ1n) is 4.65. The van der Waals surface area contributed by atoms with Gasteiger partial charge < -0.3 is 4.74 Å². The van der Waals surface area contributed by atoms with E-state index in [1.807, 2.05) is 36.5 Å². The molecule has 0 radical (unpaired) electrons. The third-order valence-corrected chi connectivity index (χ3v) is 2.10. The number of benzene rings is 1. The minimum Gasteiger partial charge on any atom is -0.357 e. The second kappa shape index (κ2) is 4.19. The van der Waals surface area contributed by atoms with Crippen molar-refractivity contribution in [1.82, 2.24) is 0 Å². The second-order valence-electron chi connectivity index (χ2n) is 3.16. The summed E-state index contributed by atoms with van der Waals surface area (Å²) in [4.78, 5) is 4.35. The van der Waals surface area contributed by atoms with Crippen molar-refractivity contribution in [3.05, 3.63) is 35.9 Å². The van der Waals surface area contributed by atoms with E-state index in [0.29, 0.717) is 0 Å². The van der Waals surface area contributed by atoms with Gasteiger partial charge in [0.1, 0.15) is 6.23 Å². The smallest absolute Gasteiger partial charge is 0.148 e. The third-order valence-electron chi connectivity index (χ3n) is 2.10. The quantitative estimate of drug-likeness (QED) is 0.632. The second-order valence-corrected chi connectivity index (χ2v) is 3.16. The Morgan fingerprint density at radius 2 is 2.15 bits per heavy atom. The molecule has 1 aliphatic rings. The summed E-state index contributed by atoms with van der Waals surface area (Å²) in [6.07, 6.45) is 4.18. The lowest BCUT2D eigenvalue weighted by Crippen LogP contribution is -2.00. The molecule has 1 aromatic carbocycles. The van der Waals surface area contributed by atoms with E-state index < -0.39 is 0 Å². The van der Waals surface area contributed by atoms with E-state index >= 15 is 0 Å². The molecule has 0 N–H and O–H groups in total. The van der Waals surface area contributed by atoms with E-state index in [0.717, 1.165) is 25.0 Å². The van der Waals surface area contributed by atoms with E-state index in [2.05, 4.69) is 4.99 Å². The van der Waals surface area contributed by atoms with Crippen LogP contribution in [0.2, 0.25) is 0 Å². The van der Waals surface area contributed by atoms with Crippen LogP contribution < -0.4 is 0 Å². The Bertz CT molecular complexity index is 275. The molecule has 1 aromatic rings. The molecule has 0 amide bonds. The van der Waals surface area contributed by atoms with Crippen LogP contribution in [0.4, 0.5) is 0 Å². The number of rotatable bonds is 2. The van der Waals surface area contributed by atoms with Crippen LogP contribution in [-0.4, -0.2) is 19.0 Å². The van der Waals surface area contributed by atoms with E-state index in [1.54, 1.807) is 0 Å². The molecule has 1 aliphatic heterocycles. The van der Waals surface area contributed by atoms with E-state index in [4.69, 9.17) is 4.74 Å². The average Bonchev–Trinajstić information content (AvgIpc) is 2.69. The Morgan fingerprint density at radius 3 is 2.85 bits per heavy atom. The summed E-state index contributed by atoms with van der Waals surface area (Å²) in [5.41, 5.74) is 1.14. The van der Waals surface area contributed by atoms with Gasteiger partial charge in [-0.3, -0.25) is 4.99 Å². The third kappa shape index (κ3) is 2.39. The molecule has 0 aromatic heterocycles. The maximum absolute atomic E-state index is 5.38.